The molecule has 0 N–H and O–H groups in total. The van der Waals surface area contributed by atoms with Crippen molar-refractivity contribution in [1.82, 2.24) is 0 Å². The second-order valence-electron chi connectivity index (χ2n) is 6.74. The largest absolute Gasteiger partial charge is 0.495 e. The molecule has 0 saturated heterocycles. The molecule has 26 heavy (non-hydrogen) atoms. The first kappa shape index (κ1) is 20.5. The summed E-state index contributed by atoms with van der Waals surface area (Å²) in [6, 6.07) is 11.7. The second-order valence-corrected chi connectivity index (χ2v) is 7.72. The third-order valence-corrected chi connectivity index (χ3v) is 5.18. The molecule has 2 aromatic rings. The number of hydrogen-bond acceptors (Lipinski definition) is 3. The predicted molar refractivity (Wildman–Crippen MR) is 108 cm³/mol. The van der Waals surface area contributed by atoms with Crippen molar-refractivity contribution in [2.45, 2.75) is 38.5 Å². The third kappa shape index (κ3) is 5.12. The highest BCUT2D eigenvalue weighted by Gasteiger charge is 2.30. The average molecular weight is 393 g/mol. The van der Waals surface area contributed by atoms with E-state index >= 15 is 0 Å². The lowest BCUT2D eigenvalue weighted by Gasteiger charge is -2.24. The predicted octanol–water partition coefficient (Wildman–Crippen LogP) is 5.73. The number of carbonyl (C=O) groups excluding carboxylic acids is 1. The molecule has 0 aliphatic heterocycles. The van der Waals surface area contributed by atoms with E-state index in [2.05, 4.69) is 0 Å². The lowest BCUT2D eigenvalue weighted by Crippen LogP contribution is -2.29. The van der Waals surface area contributed by atoms with E-state index in [1.165, 1.54) is 12.1 Å². The van der Waals surface area contributed by atoms with Gasteiger partial charge in [-0.1, -0.05) is 42.0 Å². The number of ketones is 1. The molecule has 0 aromatic heterocycles. The van der Waals surface area contributed by atoms with Crippen LogP contribution in [0.15, 0.2) is 42.5 Å². The van der Waals surface area contributed by atoms with Crippen molar-refractivity contribution in [1.29, 1.82) is 0 Å². The zero-order valence-electron chi connectivity index (χ0n) is 15.1. The molecule has 0 unspecified atom stereocenters. The molecule has 138 valence electrons. The van der Waals surface area contributed by atoms with Crippen LogP contribution in [0.3, 0.4) is 0 Å². The number of carbonyl (C=O) groups is 1. The van der Waals surface area contributed by atoms with Crippen LogP contribution < -0.4 is 4.74 Å². The van der Waals surface area contributed by atoms with Gasteiger partial charge in [-0.3, -0.25) is 4.79 Å². The summed E-state index contributed by atoms with van der Waals surface area (Å²) in [5.41, 5.74) is 1.14. The molecular formula is C21H22ClFO2S. The first-order chi connectivity index (χ1) is 12.2. The lowest BCUT2D eigenvalue weighted by molar-refractivity contribution is -0.123. The monoisotopic (exact) mass is 392 g/mol. The summed E-state index contributed by atoms with van der Waals surface area (Å²) in [4.78, 5) is 13.6. The van der Waals surface area contributed by atoms with Crippen LogP contribution in [0.2, 0.25) is 5.02 Å². The maximum Gasteiger partial charge on any atom is 0.143 e. The Morgan fingerprint density at radius 3 is 2.42 bits per heavy atom. The molecule has 0 atom stereocenters. The summed E-state index contributed by atoms with van der Waals surface area (Å²) in [6.45, 7) is 3.78. The highest BCUT2D eigenvalue weighted by molar-refractivity contribution is 7.80. The smallest absolute Gasteiger partial charge is 0.143 e. The average Bonchev–Trinajstić information content (AvgIpc) is 2.61. The standard InChI is InChI=1S/C21H22ClFO2S/c1-21(2,15-6-10-18(22)19(13-15)25-3)20(24)11-9-17(26)12-14-4-7-16(23)8-5-14/h4-8,10,13H,9,11-12H2,1-3H3. The van der Waals surface area contributed by atoms with Crippen molar-refractivity contribution >= 4 is 34.5 Å². The molecule has 0 saturated carbocycles. The summed E-state index contributed by atoms with van der Waals surface area (Å²) < 4.78 is 18.2. The number of ether oxygens (including phenoxy) is 1. The van der Waals surface area contributed by atoms with Crippen molar-refractivity contribution in [3.05, 3.63) is 64.4 Å². The van der Waals surface area contributed by atoms with Crippen LogP contribution in [-0.2, 0) is 16.6 Å². The summed E-state index contributed by atoms with van der Waals surface area (Å²) in [7, 11) is 1.55. The molecule has 0 spiro atoms. The van der Waals surface area contributed by atoms with Crippen LogP contribution in [0.5, 0.6) is 5.75 Å². The van der Waals surface area contributed by atoms with E-state index in [1.54, 1.807) is 31.4 Å². The maximum atomic E-state index is 13.0. The molecule has 2 nitrogen and oxygen atoms in total. The topological polar surface area (TPSA) is 26.3 Å². The van der Waals surface area contributed by atoms with Gasteiger partial charge in [-0.25, -0.2) is 4.39 Å². The number of halogens is 2. The van der Waals surface area contributed by atoms with E-state index in [4.69, 9.17) is 28.6 Å². The number of Topliss-reactive ketones (excluding diaryl/α,β-unsaturated/α-hetero) is 1. The maximum absolute atomic E-state index is 13.0. The summed E-state index contributed by atoms with van der Waals surface area (Å²) in [5.74, 6) is 0.384. The number of benzene rings is 2. The van der Waals surface area contributed by atoms with Gasteiger partial charge in [0.25, 0.3) is 0 Å². The Morgan fingerprint density at radius 2 is 1.81 bits per heavy atom. The van der Waals surface area contributed by atoms with Gasteiger partial charge in [0, 0.05) is 18.3 Å². The Hall–Kier alpha value is -1.78. The first-order valence-corrected chi connectivity index (χ1v) is 9.16. The molecule has 2 rings (SSSR count). The molecule has 0 fully saturated rings. The normalized spacial score (nSPS) is 11.3. The summed E-state index contributed by atoms with van der Waals surface area (Å²) in [6.07, 6.45) is 1.45. The Balaban J connectivity index is 1.99. The Labute approximate surface area is 164 Å². The second kappa shape index (κ2) is 8.74. The van der Waals surface area contributed by atoms with E-state index in [1.807, 2.05) is 19.9 Å². The van der Waals surface area contributed by atoms with Gasteiger partial charge in [-0.2, -0.15) is 0 Å². The van der Waals surface area contributed by atoms with Crippen molar-refractivity contribution < 1.29 is 13.9 Å². The highest BCUT2D eigenvalue weighted by Crippen LogP contribution is 2.33. The van der Waals surface area contributed by atoms with E-state index in [-0.39, 0.29) is 11.6 Å². The van der Waals surface area contributed by atoms with Gasteiger partial charge in [0.1, 0.15) is 17.3 Å². The Morgan fingerprint density at radius 1 is 1.15 bits per heavy atom. The fourth-order valence-electron chi connectivity index (χ4n) is 2.69. The molecule has 0 aliphatic carbocycles. The zero-order valence-corrected chi connectivity index (χ0v) is 16.7. The minimum Gasteiger partial charge on any atom is -0.495 e. The van der Waals surface area contributed by atoms with Crippen LogP contribution in [-0.4, -0.2) is 17.8 Å². The molecule has 0 aliphatic rings. The summed E-state index contributed by atoms with van der Waals surface area (Å²) in [5, 5.41) is 0.514. The van der Waals surface area contributed by atoms with Crippen molar-refractivity contribution in [2.24, 2.45) is 0 Å². The summed E-state index contributed by atoms with van der Waals surface area (Å²) >= 11 is 11.5. The number of hydrogen-bond donors (Lipinski definition) is 0. The van der Waals surface area contributed by atoms with Crippen LogP contribution in [0.25, 0.3) is 0 Å². The lowest BCUT2D eigenvalue weighted by atomic mass is 9.78. The molecule has 5 heteroatoms. The third-order valence-electron chi connectivity index (χ3n) is 4.52. The molecule has 2 aromatic carbocycles. The van der Waals surface area contributed by atoms with Crippen molar-refractivity contribution in [3.8, 4) is 5.75 Å². The first-order valence-electron chi connectivity index (χ1n) is 8.37. The van der Waals surface area contributed by atoms with Gasteiger partial charge >= 0.3 is 0 Å². The molecule has 0 radical (unpaired) electrons. The van der Waals surface area contributed by atoms with E-state index in [9.17, 15) is 9.18 Å². The molecule has 0 heterocycles. The minimum absolute atomic E-state index is 0.100. The van der Waals surface area contributed by atoms with E-state index in [0.717, 1.165) is 16.0 Å². The van der Waals surface area contributed by atoms with Gasteiger partial charge < -0.3 is 4.74 Å². The minimum atomic E-state index is -0.663. The molecule has 0 amide bonds. The van der Waals surface area contributed by atoms with E-state index in [0.29, 0.717) is 30.0 Å². The van der Waals surface area contributed by atoms with Crippen LogP contribution in [0.4, 0.5) is 4.39 Å². The Bertz CT molecular complexity index is 800. The van der Waals surface area contributed by atoms with E-state index < -0.39 is 5.41 Å². The van der Waals surface area contributed by atoms with Crippen LogP contribution >= 0.6 is 23.8 Å². The van der Waals surface area contributed by atoms with Crippen molar-refractivity contribution in [2.75, 3.05) is 7.11 Å². The molecular weight excluding hydrogens is 371 g/mol. The fourth-order valence-corrected chi connectivity index (χ4v) is 3.16. The Kier molecular flexibility index (Phi) is 6.90. The number of rotatable bonds is 8. The van der Waals surface area contributed by atoms with Gasteiger partial charge in [-0.15, -0.1) is 0 Å². The van der Waals surface area contributed by atoms with Gasteiger partial charge in [0.05, 0.1) is 12.1 Å². The van der Waals surface area contributed by atoms with Crippen molar-refractivity contribution in [3.63, 3.8) is 0 Å². The fraction of sp³-hybridized carbons (Fsp3) is 0.333. The van der Waals surface area contributed by atoms with Gasteiger partial charge in [0.15, 0.2) is 0 Å². The number of methoxy groups -OCH3 is 1. The number of thiocarbonyl (C=S) groups is 1. The zero-order chi connectivity index (χ0) is 19.3. The van der Waals surface area contributed by atoms with Crippen LogP contribution in [0, 0.1) is 5.82 Å². The SMILES string of the molecule is COc1cc(C(C)(C)C(=O)CCC(=S)Cc2ccc(F)cc2)ccc1Cl. The molecule has 0 bridgehead atoms. The quantitative estimate of drug-likeness (QED) is 0.537. The van der Waals surface area contributed by atoms with Crippen LogP contribution in [0.1, 0.15) is 37.8 Å². The highest BCUT2D eigenvalue weighted by atomic mass is 35.5. The van der Waals surface area contributed by atoms with Gasteiger partial charge in [-0.05, 0) is 60.5 Å². The van der Waals surface area contributed by atoms with Gasteiger partial charge in [0.2, 0.25) is 0 Å².